The van der Waals surface area contributed by atoms with Crippen molar-refractivity contribution in [3.05, 3.63) is 53.9 Å². The van der Waals surface area contributed by atoms with E-state index in [1.165, 1.54) is 5.56 Å². The van der Waals surface area contributed by atoms with E-state index in [0.717, 1.165) is 37.9 Å². The molecule has 1 aromatic heterocycles. The molecule has 3 aromatic rings. The van der Waals surface area contributed by atoms with Gasteiger partial charge in [-0.3, -0.25) is 4.79 Å². The number of rotatable bonds is 9. The monoisotopic (exact) mass is 478 g/mol. The molecule has 9 heteroatoms. The summed E-state index contributed by atoms with van der Waals surface area (Å²) in [6, 6.07) is 14.1. The molecule has 2 heterocycles. The Hall–Kier alpha value is -3.43. The molecule has 1 aliphatic rings. The van der Waals surface area contributed by atoms with Crippen LogP contribution in [-0.2, 0) is 16.8 Å². The molecule has 0 spiro atoms. The van der Waals surface area contributed by atoms with Crippen LogP contribution in [-0.4, -0.2) is 61.2 Å². The molecule has 0 saturated carbocycles. The molecule has 186 valence electrons. The van der Waals surface area contributed by atoms with Crippen molar-refractivity contribution >= 4 is 22.6 Å². The van der Waals surface area contributed by atoms with E-state index in [2.05, 4.69) is 34.6 Å². The number of ether oxygens (including phenoxy) is 2. The second-order valence-electron chi connectivity index (χ2n) is 8.92. The smallest absolute Gasteiger partial charge is 0.223 e. The highest BCUT2D eigenvalue weighted by Gasteiger charge is 2.37. The Kier molecular flexibility index (Phi) is 7.67. The summed E-state index contributed by atoms with van der Waals surface area (Å²) < 4.78 is 10.8. The number of carbonyl (C=O) groups excluding carboxylic acids is 1. The van der Waals surface area contributed by atoms with Crippen LogP contribution in [0.4, 0.5) is 5.82 Å². The molecule has 9 nitrogen and oxygen atoms in total. The molecule has 0 aliphatic carbocycles. The second kappa shape index (κ2) is 10.9. The van der Waals surface area contributed by atoms with Gasteiger partial charge in [-0.25, -0.2) is 9.97 Å². The molecule has 1 fully saturated rings. The van der Waals surface area contributed by atoms with E-state index >= 15 is 0 Å². The number of aromatic nitrogens is 2. The van der Waals surface area contributed by atoms with Gasteiger partial charge in [-0.15, -0.1) is 0 Å². The first-order valence-corrected chi connectivity index (χ1v) is 11.9. The summed E-state index contributed by atoms with van der Waals surface area (Å²) >= 11 is 0. The maximum absolute atomic E-state index is 12.4. The van der Waals surface area contributed by atoms with E-state index in [0.29, 0.717) is 48.2 Å². The normalized spacial score (nSPS) is 15.2. The lowest BCUT2D eigenvalue weighted by Gasteiger charge is -2.42. The first-order valence-electron chi connectivity index (χ1n) is 11.9. The Morgan fingerprint density at radius 2 is 1.77 bits per heavy atom. The van der Waals surface area contributed by atoms with E-state index in [1.54, 1.807) is 20.3 Å². The number of fused-ring (bicyclic) bond motifs is 1. The number of nitrogens with zero attached hydrogens (tertiary/aromatic N) is 3. The van der Waals surface area contributed by atoms with E-state index < -0.39 is 0 Å². The summed E-state index contributed by atoms with van der Waals surface area (Å²) in [6.45, 7) is 3.03. The van der Waals surface area contributed by atoms with Gasteiger partial charge in [0, 0.05) is 49.5 Å². The van der Waals surface area contributed by atoms with E-state index in [-0.39, 0.29) is 11.3 Å². The molecule has 0 bridgehead atoms. The second-order valence-corrected chi connectivity index (χ2v) is 8.92. The van der Waals surface area contributed by atoms with Crippen molar-refractivity contribution in [1.29, 1.82) is 0 Å². The summed E-state index contributed by atoms with van der Waals surface area (Å²) in [5, 5.41) is 4.29. The Bertz CT molecular complexity index is 1160. The van der Waals surface area contributed by atoms with Crippen molar-refractivity contribution in [2.24, 2.45) is 5.73 Å². The van der Waals surface area contributed by atoms with E-state index in [1.807, 2.05) is 17.0 Å². The van der Waals surface area contributed by atoms with Crippen LogP contribution >= 0.6 is 0 Å². The highest BCUT2D eigenvalue weighted by molar-refractivity contribution is 5.90. The number of benzene rings is 2. The third-order valence-electron chi connectivity index (χ3n) is 6.84. The molecule has 1 amide bonds. The lowest BCUT2D eigenvalue weighted by molar-refractivity contribution is -0.132. The van der Waals surface area contributed by atoms with Crippen molar-refractivity contribution in [3.8, 4) is 11.5 Å². The van der Waals surface area contributed by atoms with Crippen molar-refractivity contribution < 1.29 is 14.3 Å². The van der Waals surface area contributed by atoms with Crippen molar-refractivity contribution in [2.75, 3.05) is 46.1 Å². The Morgan fingerprint density at radius 1 is 1.09 bits per heavy atom. The zero-order valence-electron chi connectivity index (χ0n) is 20.4. The van der Waals surface area contributed by atoms with Gasteiger partial charge >= 0.3 is 0 Å². The van der Waals surface area contributed by atoms with Gasteiger partial charge in [0.15, 0.2) is 11.5 Å². The Labute approximate surface area is 205 Å². The number of piperidine rings is 1. The third-order valence-corrected chi connectivity index (χ3v) is 6.84. The van der Waals surface area contributed by atoms with E-state index in [9.17, 15) is 4.79 Å². The fraction of sp³-hybridized carbons (Fsp3) is 0.423. The molecule has 0 atom stereocenters. The predicted molar refractivity (Wildman–Crippen MR) is 136 cm³/mol. The lowest BCUT2D eigenvalue weighted by Crippen LogP contribution is -2.49. The summed E-state index contributed by atoms with van der Waals surface area (Å²) in [6.07, 6.45) is 2.14. The van der Waals surface area contributed by atoms with Gasteiger partial charge in [0.2, 0.25) is 5.91 Å². The first-order chi connectivity index (χ1) is 17.0. The number of anilines is 1. The van der Waals surface area contributed by atoms with Crippen LogP contribution in [0.3, 0.4) is 0 Å². The van der Waals surface area contributed by atoms with Gasteiger partial charge in [0.05, 0.1) is 26.3 Å². The van der Waals surface area contributed by atoms with Crippen molar-refractivity contribution in [2.45, 2.75) is 31.2 Å². The average Bonchev–Trinajstić information content (AvgIpc) is 2.89. The largest absolute Gasteiger partial charge is 0.493 e. The van der Waals surface area contributed by atoms with Crippen LogP contribution in [0, 0.1) is 0 Å². The minimum absolute atomic E-state index is 0.0836. The summed E-state index contributed by atoms with van der Waals surface area (Å²) in [5.41, 5.74) is 13.7. The number of hydrogen-bond acceptors (Lipinski definition) is 8. The molecule has 5 N–H and O–H groups in total. The van der Waals surface area contributed by atoms with Crippen LogP contribution in [0.15, 0.2) is 42.5 Å². The number of amides is 1. The Morgan fingerprint density at radius 3 is 2.43 bits per heavy atom. The number of likely N-dealkylation sites (tertiary alicyclic amines) is 1. The van der Waals surface area contributed by atoms with Crippen molar-refractivity contribution in [1.82, 2.24) is 20.2 Å². The zero-order valence-corrected chi connectivity index (χ0v) is 20.4. The van der Waals surface area contributed by atoms with Gasteiger partial charge in [0.1, 0.15) is 11.6 Å². The SMILES string of the molecule is COc1cc2nc(CNCC3(c4ccccc4)CCN(C(=O)CCN)CC3)nc(N)c2cc1OC. The van der Waals surface area contributed by atoms with E-state index in [4.69, 9.17) is 25.9 Å². The average molecular weight is 479 g/mol. The maximum atomic E-state index is 12.4. The fourth-order valence-corrected chi connectivity index (χ4v) is 4.85. The van der Waals surface area contributed by atoms with Crippen molar-refractivity contribution in [3.63, 3.8) is 0 Å². The molecule has 35 heavy (non-hydrogen) atoms. The van der Waals surface area contributed by atoms with Crippen LogP contribution in [0.5, 0.6) is 11.5 Å². The molecule has 0 radical (unpaired) electrons. The van der Waals surface area contributed by atoms with Gasteiger partial charge in [-0.1, -0.05) is 30.3 Å². The molecular weight excluding hydrogens is 444 g/mol. The molecular formula is C26H34N6O3. The van der Waals surface area contributed by atoms with Gasteiger partial charge in [-0.2, -0.15) is 0 Å². The molecule has 1 aliphatic heterocycles. The topological polar surface area (TPSA) is 129 Å². The molecule has 2 aromatic carbocycles. The number of methoxy groups -OCH3 is 2. The lowest BCUT2D eigenvalue weighted by atomic mass is 9.72. The number of nitrogens with two attached hydrogens (primary N) is 2. The molecule has 1 saturated heterocycles. The number of hydrogen-bond donors (Lipinski definition) is 3. The standard InChI is InChI=1S/C26H34N6O3/c1-34-21-14-19-20(15-22(21)35-2)30-23(31-25(19)28)16-29-17-26(18-6-4-3-5-7-18)9-12-32(13-10-26)24(33)8-11-27/h3-7,14-15,29H,8-13,16-17,27H2,1-2H3,(H2,28,30,31). The van der Waals surface area contributed by atoms with Gasteiger partial charge < -0.3 is 31.2 Å². The Balaban J connectivity index is 1.50. The van der Waals surface area contributed by atoms with Gasteiger partial charge in [-0.05, 0) is 24.5 Å². The summed E-state index contributed by atoms with van der Waals surface area (Å²) in [7, 11) is 3.18. The van der Waals surface area contributed by atoms with Crippen LogP contribution in [0.2, 0.25) is 0 Å². The summed E-state index contributed by atoms with van der Waals surface area (Å²) in [4.78, 5) is 23.5. The first kappa shape index (κ1) is 24.7. The van der Waals surface area contributed by atoms with Crippen LogP contribution in [0.1, 0.15) is 30.7 Å². The third kappa shape index (κ3) is 5.31. The summed E-state index contributed by atoms with van der Waals surface area (Å²) in [5.74, 6) is 2.32. The highest BCUT2D eigenvalue weighted by atomic mass is 16.5. The van der Waals surface area contributed by atoms with Gasteiger partial charge in [0.25, 0.3) is 0 Å². The molecule has 0 unspecified atom stereocenters. The number of nitrogens with one attached hydrogen (secondary N) is 1. The highest BCUT2D eigenvalue weighted by Crippen LogP contribution is 2.36. The maximum Gasteiger partial charge on any atom is 0.223 e. The number of carbonyl (C=O) groups is 1. The van der Waals surface area contributed by atoms with Crippen LogP contribution < -0.4 is 26.3 Å². The van der Waals surface area contributed by atoms with Crippen LogP contribution in [0.25, 0.3) is 10.9 Å². The minimum Gasteiger partial charge on any atom is -0.493 e. The number of nitrogen functional groups attached to an aromatic ring is 1. The minimum atomic E-state index is -0.0836. The zero-order chi connectivity index (χ0) is 24.8. The predicted octanol–water partition coefficient (Wildman–Crippen LogP) is 2.23. The fourth-order valence-electron chi connectivity index (χ4n) is 4.85. The quantitative estimate of drug-likeness (QED) is 0.427. The molecule has 4 rings (SSSR count).